The van der Waals surface area contributed by atoms with Gasteiger partial charge in [0.05, 0.1) is 10.8 Å². The Balaban J connectivity index is 0.000000173. The molecule has 0 aliphatic carbocycles. The molecule has 8 rings (SSSR count). The molecule has 0 spiro atoms. The molecule has 9 heteroatoms. The maximum absolute atomic E-state index is 12.5. The molecule has 2 bridgehead atoms. The lowest BCUT2D eigenvalue weighted by Gasteiger charge is -2.31. The van der Waals surface area contributed by atoms with Crippen LogP contribution in [0.1, 0.15) is 12.8 Å². The minimum atomic E-state index is -0.153. The molecule has 33 heavy (non-hydrogen) atoms. The molecule has 3 aliphatic rings. The molecule has 0 saturated carbocycles. The van der Waals surface area contributed by atoms with Crippen molar-refractivity contribution >= 4 is 39.2 Å². The molecule has 2 aromatic carbocycles. The summed E-state index contributed by atoms with van der Waals surface area (Å²) >= 11 is 0. The average molecular weight is 444 g/mol. The number of anilines is 2. The van der Waals surface area contributed by atoms with E-state index in [-0.39, 0.29) is 5.56 Å². The van der Waals surface area contributed by atoms with Crippen molar-refractivity contribution in [1.82, 2.24) is 19.6 Å². The molecule has 9 nitrogen and oxygen atoms in total. The number of benzene rings is 2. The molecule has 0 amide bonds. The van der Waals surface area contributed by atoms with Gasteiger partial charge in [-0.1, -0.05) is 29.4 Å². The van der Waals surface area contributed by atoms with Gasteiger partial charge in [-0.2, -0.15) is 0 Å². The fraction of sp³-hybridized carbons (Fsp3) is 0.292. The standard InChI is InChI=1S/C17H18N4O2.C7H6N2O/c22-16-11-15(20-10-9-19-7-5-12(20)6-8-19)18-17-13-3-1-2-4-14(13)23-21(16)17;8-7-5-3-1-2-4-6(5)10-9-7/h1-4,11-12H,5-10H2;1-4H,(H2,8,9). The Morgan fingerprint density at radius 3 is 2.42 bits per heavy atom. The summed E-state index contributed by atoms with van der Waals surface area (Å²) in [5.74, 6) is 1.24. The van der Waals surface area contributed by atoms with E-state index in [9.17, 15) is 4.79 Å². The van der Waals surface area contributed by atoms with E-state index in [4.69, 9.17) is 19.8 Å². The Kier molecular flexibility index (Phi) is 4.76. The molecule has 3 aromatic heterocycles. The maximum atomic E-state index is 12.5. The zero-order valence-electron chi connectivity index (χ0n) is 18.1. The van der Waals surface area contributed by atoms with Gasteiger partial charge in [0.2, 0.25) is 0 Å². The summed E-state index contributed by atoms with van der Waals surface area (Å²) in [6.45, 7) is 4.28. The number of nitrogen functional groups attached to an aromatic ring is 1. The predicted molar refractivity (Wildman–Crippen MR) is 126 cm³/mol. The van der Waals surface area contributed by atoms with Crippen LogP contribution < -0.4 is 16.2 Å². The van der Waals surface area contributed by atoms with Crippen LogP contribution in [0.15, 0.2) is 68.4 Å². The summed E-state index contributed by atoms with van der Waals surface area (Å²) in [7, 11) is 0. The van der Waals surface area contributed by atoms with Gasteiger partial charge in [-0.25, -0.2) is 4.98 Å². The van der Waals surface area contributed by atoms with E-state index in [0.717, 1.165) is 61.2 Å². The van der Waals surface area contributed by atoms with Crippen molar-refractivity contribution in [2.45, 2.75) is 18.9 Å². The fourth-order valence-electron chi connectivity index (χ4n) is 4.79. The maximum Gasteiger partial charge on any atom is 0.289 e. The quantitative estimate of drug-likeness (QED) is 0.420. The monoisotopic (exact) mass is 444 g/mol. The topological polar surface area (TPSA) is 106 Å². The van der Waals surface area contributed by atoms with Crippen LogP contribution in [0.4, 0.5) is 11.6 Å². The molecule has 6 heterocycles. The smallest absolute Gasteiger partial charge is 0.289 e. The number of fused-ring (bicyclic) bond motifs is 8. The third-order valence-corrected chi connectivity index (χ3v) is 6.54. The van der Waals surface area contributed by atoms with Gasteiger partial charge in [0.25, 0.3) is 5.56 Å². The Labute approximate surface area is 188 Å². The lowest BCUT2D eigenvalue weighted by atomic mass is 10.1. The first-order chi connectivity index (χ1) is 16.2. The van der Waals surface area contributed by atoms with Crippen LogP contribution in [0, 0.1) is 0 Å². The minimum Gasteiger partial charge on any atom is -0.380 e. The lowest BCUT2D eigenvalue weighted by Crippen LogP contribution is -2.38. The van der Waals surface area contributed by atoms with Crippen LogP contribution in [0.3, 0.4) is 0 Å². The highest BCUT2D eigenvalue weighted by Crippen LogP contribution is 2.27. The zero-order valence-corrected chi connectivity index (χ0v) is 18.1. The molecule has 3 aliphatic heterocycles. The van der Waals surface area contributed by atoms with E-state index in [1.807, 2.05) is 48.5 Å². The van der Waals surface area contributed by atoms with Gasteiger partial charge in [0.1, 0.15) is 5.82 Å². The third-order valence-electron chi connectivity index (χ3n) is 6.54. The Morgan fingerprint density at radius 2 is 1.64 bits per heavy atom. The van der Waals surface area contributed by atoms with Crippen LogP contribution in [0.25, 0.3) is 27.6 Å². The summed E-state index contributed by atoms with van der Waals surface area (Å²) in [6.07, 6.45) is 2.29. The molecule has 2 N–H and O–H groups in total. The Morgan fingerprint density at radius 1 is 0.909 bits per heavy atom. The summed E-state index contributed by atoms with van der Waals surface area (Å²) in [4.78, 5) is 22.1. The fourth-order valence-corrected chi connectivity index (χ4v) is 4.79. The molecule has 3 fully saturated rings. The predicted octanol–water partition coefficient (Wildman–Crippen LogP) is 3.14. The van der Waals surface area contributed by atoms with Gasteiger partial charge in [0, 0.05) is 38.3 Å². The molecular formula is C24H24N6O3. The SMILES string of the molecule is Nc1noc2ccccc12.O=c1cc(N2CCN3CCC2CC3)nc2c3ccccc3on12. The molecule has 0 atom stereocenters. The zero-order chi connectivity index (χ0) is 22.4. The van der Waals surface area contributed by atoms with Gasteiger partial charge in [-0.3, -0.25) is 4.79 Å². The number of aromatic nitrogens is 3. The van der Waals surface area contributed by atoms with Crippen molar-refractivity contribution in [1.29, 1.82) is 0 Å². The highest BCUT2D eigenvalue weighted by atomic mass is 16.5. The van der Waals surface area contributed by atoms with Crippen molar-refractivity contribution in [3.8, 4) is 0 Å². The molecule has 168 valence electrons. The second-order valence-corrected chi connectivity index (χ2v) is 8.49. The van der Waals surface area contributed by atoms with E-state index in [2.05, 4.69) is 15.0 Å². The third kappa shape index (κ3) is 3.50. The van der Waals surface area contributed by atoms with Crippen LogP contribution in [-0.2, 0) is 0 Å². The molecule has 0 radical (unpaired) electrons. The molecule has 5 aromatic rings. The number of piperidine rings is 1. The van der Waals surface area contributed by atoms with Crippen molar-refractivity contribution in [2.24, 2.45) is 0 Å². The second-order valence-electron chi connectivity index (χ2n) is 8.49. The first kappa shape index (κ1) is 19.8. The number of rotatable bonds is 1. The van der Waals surface area contributed by atoms with Gasteiger partial charge in [0.15, 0.2) is 22.6 Å². The molecular weight excluding hydrogens is 420 g/mol. The minimum absolute atomic E-state index is 0.153. The van der Waals surface area contributed by atoms with Gasteiger partial charge in [-0.15, -0.1) is 4.57 Å². The van der Waals surface area contributed by atoms with Crippen LogP contribution in [0.2, 0.25) is 0 Å². The van der Waals surface area contributed by atoms with E-state index >= 15 is 0 Å². The number of nitrogens with zero attached hydrogens (tertiary/aromatic N) is 5. The Hall–Kier alpha value is -3.85. The Bertz CT molecular complexity index is 1490. The first-order valence-corrected chi connectivity index (χ1v) is 11.2. The average Bonchev–Trinajstić information content (AvgIpc) is 3.27. The van der Waals surface area contributed by atoms with Gasteiger partial charge >= 0.3 is 0 Å². The van der Waals surface area contributed by atoms with E-state index in [1.54, 1.807) is 6.07 Å². The van der Waals surface area contributed by atoms with Crippen LogP contribution in [-0.4, -0.2) is 51.8 Å². The summed E-state index contributed by atoms with van der Waals surface area (Å²) in [5.41, 5.74) is 7.36. The van der Waals surface area contributed by atoms with Crippen molar-refractivity contribution in [2.75, 3.05) is 36.8 Å². The number of para-hydroxylation sites is 2. The highest BCUT2D eigenvalue weighted by Gasteiger charge is 2.30. The normalized spacial score (nSPS) is 20.2. The molecule has 0 unspecified atom stereocenters. The van der Waals surface area contributed by atoms with Crippen LogP contribution >= 0.6 is 0 Å². The van der Waals surface area contributed by atoms with Crippen molar-refractivity contribution in [3.05, 3.63) is 65.0 Å². The van der Waals surface area contributed by atoms with Crippen molar-refractivity contribution < 1.29 is 9.05 Å². The van der Waals surface area contributed by atoms with Gasteiger partial charge in [-0.05, 0) is 37.1 Å². The summed E-state index contributed by atoms with van der Waals surface area (Å²) < 4.78 is 11.8. The van der Waals surface area contributed by atoms with Crippen molar-refractivity contribution in [3.63, 3.8) is 0 Å². The summed E-state index contributed by atoms with van der Waals surface area (Å²) in [5, 5.41) is 5.36. The second kappa shape index (κ2) is 7.93. The largest absolute Gasteiger partial charge is 0.380 e. The van der Waals surface area contributed by atoms with Crippen LogP contribution in [0.5, 0.6) is 0 Å². The highest BCUT2D eigenvalue weighted by molar-refractivity contribution is 5.90. The number of hydrogen-bond acceptors (Lipinski definition) is 8. The number of hydrogen-bond donors (Lipinski definition) is 1. The van der Waals surface area contributed by atoms with Gasteiger partial charge < -0.3 is 24.6 Å². The lowest BCUT2D eigenvalue weighted by molar-refractivity contribution is 0.250. The number of nitrogens with two attached hydrogens (primary N) is 1. The summed E-state index contributed by atoms with van der Waals surface area (Å²) in [6, 6.07) is 17.2. The molecule has 3 saturated heterocycles. The van der Waals surface area contributed by atoms with E-state index < -0.39 is 0 Å². The van der Waals surface area contributed by atoms with E-state index in [1.165, 1.54) is 4.57 Å². The van der Waals surface area contributed by atoms with E-state index in [0.29, 0.717) is 23.1 Å². The first-order valence-electron chi connectivity index (χ1n) is 11.2.